The van der Waals surface area contributed by atoms with Gasteiger partial charge in [-0.2, -0.15) is 0 Å². The number of carbonyl (C=O) groups is 1. The number of hydrogen-bond donors (Lipinski definition) is 2. The van der Waals surface area contributed by atoms with Gasteiger partial charge in [-0.15, -0.1) is 0 Å². The van der Waals surface area contributed by atoms with E-state index < -0.39 is 10.0 Å². The smallest absolute Gasteiger partial charge is 0.251 e. The first-order chi connectivity index (χ1) is 15.3. The van der Waals surface area contributed by atoms with Gasteiger partial charge in [0.05, 0.1) is 13.7 Å². The maximum absolute atomic E-state index is 12.9. The molecular formula is C24H32N2O5S. The number of nitrogens with one attached hydrogen (secondary N) is 2. The first kappa shape index (κ1) is 24.1. The second kappa shape index (κ2) is 10.8. The first-order valence-corrected chi connectivity index (χ1v) is 12.5. The molecule has 1 aliphatic carbocycles. The van der Waals surface area contributed by atoms with Gasteiger partial charge in [0.1, 0.15) is 16.4 Å². The number of ether oxygens (including phenoxy) is 2. The summed E-state index contributed by atoms with van der Waals surface area (Å²) in [5, 5.41) is 2.84. The van der Waals surface area contributed by atoms with Crippen LogP contribution in [0.15, 0.2) is 47.4 Å². The van der Waals surface area contributed by atoms with Gasteiger partial charge in [-0.25, -0.2) is 13.1 Å². The predicted molar refractivity (Wildman–Crippen MR) is 124 cm³/mol. The first-order valence-electron chi connectivity index (χ1n) is 11.0. The lowest BCUT2D eigenvalue weighted by atomic mass is 10.2. The van der Waals surface area contributed by atoms with Crippen LogP contribution in [0.4, 0.5) is 0 Å². The van der Waals surface area contributed by atoms with Gasteiger partial charge < -0.3 is 14.8 Å². The molecule has 0 bridgehead atoms. The fourth-order valence-corrected chi connectivity index (χ4v) is 5.11. The Morgan fingerprint density at radius 2 is 1.78 bits per heavy atom. The quantitative estimate of drug-likeness (QED) is 0.561. The second-order valence-electron chi connectivity index (χ2n) is 8.50. The summed E-state index contributed by atoms with van der Waals surface area (Å²) in [4.78, 5) is 12.7. The third-order valence-corrected chi connectivity index (χ3v) is 6.89. The topological polar surface area (TPSA) is 93.7 Å². The molecule has 32 heavy (non-hydrogen) atoms. The highest BCUT2D eigenvalue weighted by Crippen LogP contribution is 2.27. The van der Waals surface area contributed by atoms with Crippen LogP contribution in [-0.2, 0) is 16.6 Å². The van der Waals surface area contributed by atoms with Crippen LogP contribution in [-0.4, -0.2) is 34.1 Å². The molecule has 0 saturated heterocycles. The van der Waals surface area contributed by atoms with E-state index in [1.54, 1.807) is 6.07 Å². The fourth-order valence-electron chi connectivity index (χ4n) is 3.61. The molecule has 0 unspecified atom stereocenters. The maximum Gasteiger partial charge on any atom is 0.251 e. The van der Waals surface area contributed by atoms with Gasteiger partial charge in [0.15, 0.2) is 0 Å². The number of methoxy groups -OCH3 is 1. The van der Waals surface area contributed by atoms with Gasteiger partial charge in [0.25, 0.3) is 5.91 Å². The van der Waals surface area contributed by atoms with Crippen LogP contribution in [0.5, 0.6) is 11.5 Å². The van der Waals surface area contributed by atoms with Crippen molar-refractivity contribution in [1.29, 1.82) is 0 Å². The van der Waals surface area contributed by atoms with Crippen LogP contribution >= 0.6 is 0 Å². The van der Waals surface area contributed by atoms with Crippen molar-refractivity contribution in [2.75, 3.05) is 13.7 Å². The molecule has 0 spiro atoms. The van der Waals surface area contributed by atoms with E-state index in [0.717, 1.165) is 37.0 Å². The summed E-state index contributed by atoms with van der Waals surface area (Å²) >= 11 is 0. The average Bonchev–Trinajstić information content (AvgIpc) is 3.28. The van der Waals surface area contributed by atoms with Crippen molar-refractivity contribution < 1.29 is 22.7 Å². The van der Waals surface area contributed by atoms with Crippen LogP contribution in [0.25, 0.3) is 0 Å². The molecule has 2 N–H and O–H groups in total. The Hall–Kier alpha value is -2.58. The van der Waals surface area contributed by atoms with E-state index in [9.17, 15) is 13.2 Å². The van der Waals surface area contributed by atoms with E-state index in [1.165, 1.54) is 19.2 Å². The van der Waals surface area contributed by atoms with Crippen molar-refractivity contribution in [3.8, 4) is 11.5 Å². The van der Waals surface area contributed by atoms with E-state index in [0.29, 0.717) is 19.1 Å². The minimum absolute atomic E-state index is 0.0220. The monoisotopic (exact) mass is 460 g/mol. The molecule has 7 nitrogen and oxygen atoms in total. The van der Waals surface area contributed by atoms with Gasteiger partial charge in [0, 0.05) is 18.2 Å². The molecule has 0 aliphatic heterocycles. The Balaban J connectivity index is 1.67. The van der Waals surface area contributed by atoms with E-state index in [2.05, 4.69) is 23.9 Å². The molecule has 0 aromatic heterocycles. The summed E-state index contributed by atoms with van der Waals surface area (Å²) in [6.45, 7) is 5.14. The molecule has 1 aliphatic rings. The summed E-state index contributed by atoms with van der Waals surface area (Å²) in [6.07, 6.45) is 3.67. The molecular weight excluding hydrogens is 428 g/mol. The van der Waals surface area contributed by atoms with Gasteiger partial charge in [-0.3, -0.25) is 4.79 Å². The van der Waals surface area contributed by atoms with E-state index >= 15 is 0 Å². The molecule has 0 atom stereocenters. The number of amides is 1. The average molecular weight is 461 g/mol. The zero-order valence-corrected chi connectivity index (χ0v) is 19.7. The minimum Gasteiger partial charge on any atom is -0.495 e. The largest absolute Gasteiger partial charge is 0.495 e. The molecule has 8 heteroatoms. The number of rotatable bonds is 10. The summed E-state index contributed by atoms with van der Waals surface area (Å²) in [7, 11) is -2.38. The molecule has 2 aromatic carbocycles. The summed E-state index contributed by atoms with van der Waals surface area (Å²) < 4.78 is 39.5. The van der Waals surface area contributed by atoms with E-state index in [4.69, 9.17) is 9.47 Å². The molecule has 2 aromatic rings. The Labute approximate surface area is 190 Å². The number of benzene rings is 2. The SMILES string of the molecule is COc1ccc(C(=O)NCc2ccc(OCC(C)C)cc2)cc1S(=O)(=O)NC1CCCC1. The Morgan fingerprint density at radius 1 is 1.09 bits per heavy atom. The summed E-state index contributed by atoms with van der Waals surface area (Å²) in [5.41, 5.74) is 1.17. The second-order valence-corrected chi connectivity index (χ2v) is 10.2. The number of carbonyl (C=O) groups excluding carboxylic acids is 1. The number of sulfonamides is 1. The van der Waals surface area contributed by atoms with Crippen molar-refractivity contribution >= 4 is 15.9 Å². The van der Waals surface area contributed by atoms with E-state index in [-0.39, 0.29) is 28.2 Å². The summed E-state index contributed by atoms with van der Waals surface area (Å²) in [6, 6.07) is 11.9. The highest BCUT2D eigenvalue weighted by molar-refractivity contribution is 7.89. The molecule has 174 valence electrons. The van der Waals surface area contributed by atoms with Crippen molar-refractivity contribution in [3.63, 3.8) is 0 Å². The van der Waals surface area contributed by atoms with Crippen molar-refractivity contribution in [2.24, 2.45) is 5.92 Å². The van der Waals surface area contributed by atoms with Gasteiger partial charge in [-0.1, -0.05) is 38.8 Å². The lowest BCUT2D eigenvalue weighted by Crippen LogP contribution is -2.33. The third-order valence-electron chi connectivity index (χ3n) is 5.35. The van der Waals surface area contributed by atoms with Crippen LogP contribution < -0.4 is 19.5 Å². The van der Waals surface area contributed by atoms with Crippen molar-refractivity contribution in [1.82, 2.24) is 10.0 Å². The Kier molecular flexibility index (Phi) is 8.15. The molecule has 3 rings (SSSR count). The zero-order valence-electron chi connectivity index (χ0n) is 18.9. The van der Waals surface area contributed by atoms with Gasteiger partial charge in [-0.05, 0) is 54.7 Å². The third kappa shape index (κ3) is 6.46. The Bertz CT molecular complexity index is 1010. The Morgan fingerprint density at radius 3 is 2.41 bits per heavy atom. The minimum atomic E-state index is -3.79. The molecule has 1 amide bonds. The van der Waals surface area contributed by atoms with Crippen LogP contribution in [0.1, 0.15) is 55.5 Å². The molecule has 0 radical (unpaired) electrons. The van der Waals surface area contributed by atoms with Gasteiger partial charge >= 0.3 is 0 Å². The highest BCUT2D eigenvalue weighted by Gasteiger charge is 2.26. The normalized spacial score (nSPS) is 14.5. The lowest BCUT2D eigenvalue weighted by Gasteiger charge is -2.16. The molecule has 1 fully saturated rings. The van der Waals surface area contributed by atoms with Crippen molar-refractivity contribution in [3.05, 3.63) is 53.6 Å². The summed E-state index contributed by atoms with van der Waals surface area (Å²) in [5.74, 6) is 1.09. The molecule has 0 heterocycles. The van der Waals surface area contributed by atoms with Crippen LogP contribution in [0, 0.1) is 5.92 Å². The van der Waals surface area contributed by atoms with Gasteiger partial charge in [0.2, 0.25) is 10.0 Å². The maximum atomic E-state index is 12.9. The standard InChI is InChI=1S/C24H32N2O5S/c1-17(2)16-31-21-11-8-18(9-12-21)15-25-24(27)19-10-13-22(30-3)23(14-19)32(28,29)26-20-6-4-5-7-20/h8-14,17,20,26H,4-7,15-16H2,1-3H3,(H,25,27). The zero-order chi connectivity index (χ0) is 23.1. The predicted octanol–water partition coefficient (Wildman–Crippen LogP) is 3.88. The highest BCUT2D eigenvalue weighted by atomic mass is 32.2. The van der Waals surface area contributed by atoms with E-state index in [1.807, 2.05) is 24.3 Å². The van der Waals surface area contributed by atoms with Crippen LogP contribution in [0.2, 0.25) is 0 Å². The molecule has 1 saturated carbocycles. The van der Waals surface area contributed by atoms with Crippen LogP contribution in [0.3, 0.4) is 0 Å². The lowest BCUT2D eigenvalue weighted by molar-refractivity contribution is 0.0950. The fraction of sp³-hybridized carbons (Fsp3) is 0.458. The van der Waals surface area contributed by atoms with Crippen molar-refractivity contribution in [2.45, 2.75) is 57.0 Å². The number of hydrogen-bond acceptors (Lipinski definition) is 5.